The summed E-state index contributed by atoms with van der Waals surface area (Å²) in [5.74, 6) is -1.78. The van der Waals surface area contributed by atoms with Crippen molar-refractivity contribution in [1.29, 1.82) is 0 Å². The van der Waals surface area contributed by atoms with Crippen LogP contribution in [0.15, 0.2) is 23.6 Å². The lowest BCUT2D eigenvalue weighted by Crippen LogP contribution is -2.14. The average Bonchev–Trinajstić information content (AvgIpc) is 2.74. The molecule has 0 fully saturated rings. The van der Waals surface area contributed by atoms with Crippen molar-refractivity contribution in [1.82, 2.24) is 0 Å². The van der Waals surface area contributed by atoms with E-state index in [9.17, 15) is 14.7 Å². The van der Waals surface area contributed by atoms with Gasteiger partial charge in [-0.3, -0.25) is 4.79 Å². The zero-order valence-electron chi connectivity index (χ0n) is 10.3. The molecule has 0 spiro atoms. The van der Waals surface area contributed by atoms with E-state index in [0.717, 1.165) is 11.3 Å². The second-order valence-corrected chi connectivity index (χ2v) is 5.33. The van der Waals surface area contributed by atoms with Gasteiger partial charge in [-0.2, -0.15) is 0 Å². The van der Waals surface area contributed by atoms with Gasteiger partial charge in [0, 0.05) is 0 Å². The van der Waals surface area contributed by atoms with Crippen LogP contribution in [-0.4, -0.2) is 22.1 Å². The van der Waals surface area contributed by atoms with Gasteiger partial charge in [-0.15, -0.1) is 11.3 Å². The first kappa shape index (κ1) is 14.4. The molecule has 1 aromatic carbocycles. The summed E-state index contributed by atoms with van der Waals surface area (Å²) in [5, 5.41) is 22.8. The van der Waals surface area contributed by atoms with Crippen molar-refractivity contribution in [3.8, 4) is 5.75 Å². The molecular weight excluding hydrogens is 302 g/mol. The topological polar surface area (TPSA) is 86.6 Å². The Labute approximate surface area is 123 Å². The number of phenols is 1. The van der Waals surface area contributed by atoms with E-state index in [-0.39, 0.29) is 26.9 Å². The van der Waals surface area contributed by atoms with E-state index in [4.69, 9.17) is 16.7 Å². The van der Waals surface area contributed by atoms with E-state index < -0.39 is 11.9 Å². The second-order valence-electron chi connectivity index (χ2n) is 4.05. The smallest absolute Gasteiger partial charge is 0.348 e. The van der Waals surface area contributed by atoms with Gasteiger partial charge >= 0.3 is 5.97 Å². The number of carbonyl (C=O) groups excluding carboxylic acids is 1. The van der Waals surface area contributed by atoms with Gasteiger partial charge in [-0.25, -0.2) is 4.79 Å². The van der Waals surface area contributed by atoms with Crippen LogP contribution in [0.2, 0.25) is 5.02 Å². The largest absolute Gasteiger partial charge is 0.508 e. The third-order valence-corrected chi connectivity index (χ3v) is 4.02. The number of anilines is 1. The van der Waals surface area contributed by atoms with E-state index in [2.05, 4.69) is 5.32 Å². The molecule has 3 N–H and O–H groups in total. The number of nitrogens with one attached hydrogen (secondary N) is 1. The van der Waals surface area contributed by atoms with Crippen LogP contribution < -0.4 is 5.32 Å². The molecule has 0 atom stereocenters. The molecular formula is C13H10ClNO4S. The van der Waals surface area contributed by atoms with Crippen LogP contribution >= 0.6 is 22.9 Å². The first-order valence-corrected chi connectivity index (χ1v) is 6.77. The number of amides is 1. The Hall–Kier alpha value is -2.05. The Balaban J connectivity index is 2.35. The van der Waals surface area contributed by atoms with Crippen molar-refractivity contribution in [3.63, 3.8) is 0 Å². The van der Waals surface area contributed by atoms with E-state index in [1.54, 1.807) is 12.3 Å². The molecule has 0 aliphatic heterocycles. The third-order valence-electron chi connectivity index (χ3n) is 2.60. The molecule has 1 aromatic heterocycles. The van der Waals surface area contributed by atoms with Crippen molar-refractivity contribution < 1.29 is 19.8 Å². The number of aromatic carboxylic acids is 1. The highest BCUT2D eigenvalue weighted by molar-refractivity contribution is 7.12. The number of rotatable bonds is 3. The van der Waals surface area contributed by atoms with Gasteiger partial charge in [0.25, 0.3) is 5.91 Å². The van der Waals surface area contributed by atoms with Gasteiger partial charge in [0.2, 0.25) is 0 Å². The summed E-state index contributed by atoms with van der Waals surface area (Å²) in [6.07, 6.45) is 0. The Morgan fingerprint density at radius 2 is 2.05 bits per heavy atom. The van der Waals surface area contributed by atoms with Crippen molar-refractivity contribution in [2.75, 3.05) is 5.32 Å². The molecule has 20 heavy (non-hydrogen) atoms. The Morgan fingerprint density at radius 3 is 2.70 bits per heavy atom. The molecule has 0 saturated carbocycles. The van der Waals surface area contributed by atoms with Crippen LogP contribution in [0.4, 0.5) is 5.69 Å². The predicted molar refractivity (Wildman–Crippen MR) is 77.1 cm³/mol. The fraction of sp³-hybridized carbons (Fsp3) is 0.0769. The van der Waals surface area contributed by atoms with Crippen LogP contribution in [0.3, 0.4) is 0 Å². The number of carboxylic acids is 1. The SMILES string of the molecule is Cc1csc(C(=O)O)c1NC(=O)c1cc(O)ccc1Cl. The number of aromatic hydroxyl groups is 1. The van der Waals surface area contributed by atoms with E-state index in [0.29, 0.717) is 5.56 Å². The Morgan fingerprint density at radius 1 is 1.35 bits per heavy atom. The summed E-state index contributed by atoms with van der Waals surface area (Å²) >= 11 is 6.92. The van der Waals surface area contributed by atoms with Gasteiger partial charge in [-0.1, -0.05) is 11.6 Å². The number of hydrogen-bond acceptors (Lipinski definition) is 4. The van der Waals surface area contributed by atoms with Gasteiger partial charge in [0.05, 0.1) is 16.3 Å². The number of thiophene rings is 1. The maximum Gasteiger partial charge on any atom is 0.348 e. The van der Waals surface area contributed by atoms with Gasteiger partial charge in [0.15, 0.2) is 0 Å². The van der Waals surface area contributed by atoms with E-state index in [1.807, 2.05) is 0 Å². The number of carboxylic acid groups (broad SMARTS) is 1. The van der Waals surface area contributed by atoms with Crippen molar-refractivity contribution in [3.05, 3.63) is 44.6 Å². The summed E-state index contributed by atoms with van der Waals surface area (Å²) < 4.78 is 0. The number of halogens is 1. The minimum Gasteiger partial charge on any atom is -0.508 e. The number of carbonyl (C=O) groups is 2. The van der Waals surface area contributed by atoms with Crippen LogP contribution in [0.1, 0.15) is 25.6 Å². The Kier molecular flexibility index (Phi) is 3.96. The first-order valence-electron chi connectivity index (χ1n) is 5.51. The van der Waals surface area contributed by atoms with E-state index in [1.165, 1.54) is 18.2 Å². The molecule has 104 valence electrons. The highest BCUT2D eigenvalue weighted by Crippen LogP contribution is 2.29. The summed E-state index contributed by atoms with van der Waals surface area (Å²) in [5.41, 5.74) is 0.970. The fourth-order valence-corrected chi connectivity index (χ4v) is 2.67. The summed E-state index contributed by atoms with van der Waals surface area (Å²) in [6.45, 7) is 1.70. The lowest BCUT2D eigenvalue weighted by atomic mass is 10.2. The van der Waals surface area contributed by atoms with Gasteiger partial charge < -0.3 is 15.5 Å². The molecule has 0 radical (unpaired) electrons. The highest BCUT2D eigenvalue weighted by Gasteiger charge is 2.19. The van der Waals surface area contributed by atoms with Crippen molar-refractivity contribution in [2.24, 2.45) is 0 Å². The highest BCUT2D eigenvalue weighted by atomic mass is 35.5. The maximum atomic E-state index is 12.1. The predicted octanol–water partition coefficient (Wildman–Crippen LogP) is 3.37. The number of phenolic OH excluding ortho intramolecular Hbond substituents is 1. The molecule has 2 rings (SSSR count). The van der Waals surface area contributed by atoms with Gasteiger partial charge in [-0.05, 0) is 36.1 Å². The molecule has 7 heteroatoms. The van der Waals surface area contributed by atoms with Crippen LogP contribution in [0.25, 0.3) is 0 Å². The van der Waals surface area contributed by atoms with Crippen molar-refractivity contribution in [2.45, 2.75) is 6.92 Å². The summed E-state index contributed by atoms with van der Waals surface area (Å²) in [6, 6.07) is 3.97. The fourth-order valence-electron chi connectivity index (χ4n) is 1.63. The third kappa shape index (κ3) is 2.76. The zero-order chi connectivity index (χ0) is 14.9. The van der Waals surface area contributed by atoms with Crippen LogP contribution in [0.5, 0.6) is 5.75 Å². The molecule has 0 saturated heterocycles. The minimum atomic E-state index is -1.11. The molecule has 1 amide bonds. The van der Waals surface area contributed by atoms with Crippen LogP contribution in [-0.2, 0) is 0 Å². The quantitative estimate of drug-likeness (QED) is 0.811. The summed E-state index contributed by atoms with van der Waals surface area (Å²) in [4.78, 5) is 23.2. The number of benzene rings is 1. The van der Waals surface area contributed by atoms with Crippen LogP contribution in [0, 0.1) is 6.92 Å². The molecule has 1 heterocycles. The zero-order valence-corrected chi connectivity index (χ0v) is 11.9. The van der Waals surface area contributed by atoms with Gasteiger partial charge in [0.1, 0.15) is 10.6 Å². The molecule has 0 aliphatic carbocycles. The molecule has 0 aliphatic rings. The molecule has 0 unspecified atom stereocenters. The van der Waals surface area contributed by atoms with Crippen molar-refractivity contribution >= 4 is 40.5 Å². The lowest BCUT2D eigenvalue weighted by Gasteiger charge is -2.08. The Bertz CT molecular complexity index is 696. The number of aryl methyl sites for hydroxylation is 1. The average molecular weight is 312 g/mol. The van der Waals surface area contributed by atoms with E-state index >= 15 is 0 Å². The summed E-state index contributed by atoms with van der Waals surface area (Å²) in [7, 11) is 0. The standard InChI is InChI=1S/C13H10ClNO4S/c1-6-5-20-11(13(18)19)10(6)15-12(17)8-4-7(16)2-3-9(8)14/h2-5,16H,1H3,(H,15,17)(H,18,19). The first-order chi connectivity index (χ1) is 9.40. The molecule has 2 aromatic rings. The normalized spacial score (nSPS) is 10.3. The monoisotopic (exact) mass is 311 g/mol. The maximum absolute atomic E-state index is 12.1. The molecule has 0 bridgehead atoms. The molecule has 5 nitrogen and oxygen atoms in total. The number of hydrogen-bond donors (Lipinski definition) is 3. The second kappa shape index (κ2) is 5.52. The minimum absolute atomic E-state index is 0.0483. The lowest BCUT2D eigenvalue weighted by molar-refractivity contribution is 0.0703.